The molecule has 3 aromatic rings. The van der Waals surface area contributed by atoms with Crippen LogP contribution in [-0.4, -0.2) is 37.3 Å². The summed E-state index contributed by atoms with van der Waals surface area (Å²) in [7, 11) is 4.97. The second-order valence-electron chi connectivity index (χ2n) is 7.30. The minimum atomic E-state index is 0.0985. The van der Waals surface area contributed by atoms with Crippen LogP contribution in [0.2, 0.25) is 0 Å². The maximum atomic E-state index is 5.63. The molecule has 0 aliphatic carbocycles. The van der Waals surface area contributed by atoms with Gasteiger partial charge in [0.05, 0.1) is 27.4 Å². The van der Waals surface area contributed by atoms with E-state index in [0.29, 0.717) is 17.2 Å². The van der Waals surface area contributed by atoms with Crippen LogP contribution >= 0.6 is 0 Å². The third kappa shape index (κ3) is 3.83. The van der Waals surface area contributed by atoms with Gasteiger partial charge in [0.2, 0.25) is 5.75 Å². The molecule has 0 bridgehead atoms. The molecule has 0 saturated heterocycles. The summed E-state index contributed by atoms with van der Waals surface area (Å²) >= 11 is 0. The van der Waals surface area contributed by atoms with Crippen LogP contribution < -0.4 is 14.2 Å². The van der Waals surface area contributed by atoms with Crippen molar-refractivity contribution < 1.29 is 14.2 Å². The van der Waals surface area contributed by atoms with E-state index < -0.39 is 0 Å². The lowest BCUT2D eigenvalue weighted by Gasteiger charge is -2.31. The Balaban J connectivity index is 1.82. The summed E-state index contributed by atoms with van der Waals surface area (Å²) in [6, 6.07) is 19.2. The molecule has 1 aliphatic rings. The molecule has 152 valence electrons. The summed E-state index contributed by atoms with van der Waals surface area (Å²) < 4.78 is 19.2. The third-order valence-corrected chi connectivity index (χ3v) is 5.59. The topological polar surface area (TPSA) is 35.9 Å². The van der Waals surface area contributed by atoms with E-state index in [1.807, 2.05) is 0 Å². The zero-order chi connectivity index (χ0) is 20.2. The zero-order valence-corrected chi connectivity index (χ0v) is 17.3. The quantitative estimate of drug-likeness (QED) is 0.618. The van der Waals surface area contributed by atoms with Gasteiger partial charge >= 0.3 is 0 Å². The Morgan fingerprint density at radius 3 is 2.24 bits per heavy atom. The van der Waals surface area contributed by atoms with Gasteiger partial charge in [-0.3, -0.25) is 4.90 Å². The molecule has 1 atom stereocenters. The maximum absolute atomic E-state index is 5.63. The smallest absolute Gasteiger partial charge is 0.203 e. The molecule has 4 rings (SSSR count). The van der Waals surface area contributed by atoms with Crippen LogP contribution in [0.4, 0.5) is 0 Å². The van der Waals surface area contributed by atoms with Crippen LogP contribution in [-0.2, 0) is 13.1 Å². The summed E-state index contributed by atoms with van der Waals surface area (Å²) in [6.07, 6.45) is 3.28. The lowest BCUT2D eigenvalue weighted by molar-refractivity contribution is 0.219. The fourth-order valence-corrected chi connectivity index (χ4v) is 4.27. The van der Waals surface area contributed by atoms with Gasteiger partial charge in [-0.25, -0.2) is 0 Å². The molecule has 0 amide bonds. The van der Waals surface area contributed by atoms with Crippen LogP contribution in [0.1, 0.15) is 29.3 Å². The van der Waals surface area contributed by atoms with Crippen LogP contribution in [0, 0.1) is 0 Å². The normalized spacial score (nSPS) is 16.7. The Morgan fingerprint density at radius 1 is 0.862 bits per heavy atom. The lowest BCUT2D eigenvalue weighted by Crippen LogP contribution is -2.29. The van der Waals surface area contributed by atoms with Crippen molar-refractivity contribution in [3.05, 3.63) is 77.6 Å². The van der Waals surface area contributed by atoms with Crippen molar-refractivity contribution in [1.82, 2.24) is 9.47 Å². The summed E-state index contributed by atoms with van der Waals surface area (Å²) in [4.78, 5) is 2.54. The standard InChI is InChI=1S/C24H28N2O3/c1-27-21-15-19(16-22(28-2)24(21)29-3)23-20-11-7-12-25(20)13-8-14-26(23)17-18-9-5-4-6-10-18/h4-7,9-12,15-16,23H,8,13-14,17H2,1-3H3. The molecule has 0 saturated carbocycles. The molecule has 0 fully saturated rings. The van der Waals surface area contributed by atoms with E-state index in [2.05, 4.69) is 70.3 Å². The number of fused-ring (bicyclic) bond motifs is 1. The van der Waals surface area contributed by atoms with Crippen molar-refractivity contribution in [2.45, 2.75) is 25.6 Å². The third-order valence-electron chi connectivity index (χ3n) is 5.59. The summed E-state index contributed by atoms with van der Waals surface area (Å²) in [6.45, 7) is 2.92. The number of ether oxygens (including phenoxy) is 3. The molecule has 0 radical (unpaired) electrons. The molecule has 2 aromatic carbocycles. The van der Waals surface area contributed by atoms with E-state index in [0.717, 1.165) is 31.6 Å². The van der Waals surface area contributed by atoms with E-state index in [9.17, 15) is 0 Å². The monoisotopic (exact) mass is 392 g/mol. The number of aromatic nitrogens is 1. The Hall–Kier alpha value is -2.92. The fraction of sp³-hybridized carbons (Fsp3) is 0.333. The van der Waals surface area contributed by atoms with Gasteiger partial charge in [0.1, 0.15) is 0 Å². The first-order valence-electron chi connectivity index (χ1n) is 9.98. The predicted molar refractivity (Wildman–Crippen MR) is 114 cm³/mol. The minimum absolute atomic E-state index is 0.0985. The maximum Gasteiger partial charge on any atom is 0.203 e. The predicted octanol–water partition coefficient (Wildman–Crippen LogP) is 4.51. The molecule has 2 heterocycles. The molecule has 5 heteroatoms. The summed E-state index contributed by atoms with van der Waals surface area (Å²) in [5.41, 5.74) is 3.73. The molecule has 1 aliphatic heterocycles. The molecular formula is C24H28N2O3. The van der Waals surface area contributed by atoms with Gasteiger partial charge in [-0.05, 0) is 41.8 Å². The van der Waals surface area contributed by atoms with Crippen LogP contribution in [0.15, 0.2) is 60.8 Å². The van der Waals surface area contributed by atoms with Crippen molar-refractivity contribution in [3.63, 3.8) is 0 Å². The number of methoxy groups -OCH3 is 3. The Kier molecular flexibility index (Phi) is 5.76. The van der Waals surface area contributed by atoms with Gasteiger partial charge < -0.3 is 18.8 Å². The highest BCUT2D eigenvalue weighted by Gasteiger charge is 2.29. The number of benzene rings is 2. The van der Waals surface area contributed by atoms with Gasteiger partial charge in [-0.15, -0.1) is 0 Å². The number of aryl methyl sites for hydroxylation is 1. The van der Waals surface area contributed by atoms with E-state index in [-0.39, 0.29) is 6.04 Å². The second kappa shape index (κ2) is 8.62. The van der Waals surface area contributed by atoms with Gasteiger partial charge in [-0.1, -0.05) is 30.3 Å². The fourth-order valence-electron chi connectivity index (χ4n) is 4.27. The van der Waals surface area contributed by atoms with Gasteiger partial charge in [-0.2, -0.15) is 0 Å². The number of hydrogen-bond donors (Lipinski definition) is 0. The Morgan fingerprint density at radius 2 is 1.59 bits per heavy atom. The van der Waals surface area contributed by atoms with Crippen molar-refractivity contribution in [3.8, 4) is 17.2 Å². The van der Waals surface area contributed by atoms with Crippen molar-refractivity contribution in [2.24, 2.45) is 0 Å². The molecule has 5 nitrogen and oxygen atoms in total. The van der Waals surface area contributed by atoms with Crippen molar-refractivity contribution in [2.75, 3.05) is 27.9 Å². The van der Waals surface area contributed by atoms with Crippen LogP contribution in [0.5, 0.6) is 17.2 Å². The first-order chi connectivity index (χ1) is 14.2. The zero-order valence-electron chi connectivity index (χ0n) is 17.3. The van der Waals surface area contributed by atoms with E-state index in [1.54, 1.807) is 21.3 Å². The summed E-state index contributed by atoms with van der Waals surface area (Å²) in [5.74, 6) is 1.99. The van der Waals surface area contributed by atoms with Gasteiger partial charge in [0.15, 0.2) is 11.5 Å². The second-order valence-corrected chi connectivity index (χ2v) is 7.30. The average molecular weight is 392 g/mol. The molecule has 0 N–H and O–H groups in total. The highest BCUT2D eigenvalue weighted by molar-refractivity contribution is 5.55. The number of hydrogen-bond acceptors (Lipinski definition) is 4. The number of nitrogens with zero attached hydrogens (tertiary/aromatic N) is 2. The lowest BCUT2D eigenvalue weighted by atomic mass is 9.99. The average Bonchev–Trinajstić information content (AvgIpc) is 3.14. The van der Waals surface area contributed by atoms with Gasteiger partial charge in [0, 0.05) is 31.5 Å². The minimum Gasteiger partial charge on any atom is -0.493 e. The van der Waals surface area contributed by atoms with E-state index in [1.165, 1.54) is 11.3 Å². The Bertz CT molecular complexity index is 927. The Labute approximate surface area is 172 Å². The molecule has 0 spiro atoms. The largest absolute Gasteiger partial charge is 0.493 e. The first kappa shape index (κ1) is 19.4. The molecule has 29 heavy (non-hydrogen) atoms. The highest BCUT2D eigenvalue weighted by Crippen LogP contribution is 2.43. The van der Waals surface area contributed by atoms with Crippen molar-refractivity contribution >= 4 is 0 Å². The highest BCUT2D eigenvalue weighted by atomic mass is 16.5. The van der Waals surface area contributed by atoms with Crippen molar-refractivity contribution in [1.29, 1.82) is 0 Å². The van der Waals surface area contributed by atoms with Crippen LogP contribution in [0.25, 0.3) is 0 Å². The molecule has 1 aromatic heterocycles. The van der Waals surface area contributed by atoms with E-state index in [4.69, 9.17) is 14.2 Å². The van der Waals surface area contributed by atoms with Gasteiger partial charge in [0.25, 0.3) is 0 Å². The van der Waals surface area contributed by atoms with Crippen LogP contribution in [0.3, 0.4) is 0 Å². The van der Waals surface area contributed by atoms with E-state index >= 15 is 0 Å². The first-order valence-corrected chi connectivity index (χ1v) is 9.98. The number of rotatable bonds is 6. The molecular weight excluding hydrogens is 364 g/mol. The molecule has 1 unspecified atom stereocenters. The summed E-state index contributed by atoms with van der Waals surface area (Å²) in [5, 5.41) is 0. The SMILES string of the molecule is COc1cc(C2c3cccn3CCCN2Cc2ccccc2)cc(OC)c1OC.